The number of ether oxygens (including phenoxy) is 1. The highest BCUT2D eigenvalue weighted by Gasteiger charge is 2.76. The topological polar surface area (TPSA) is 63.6 Å². The Morgan fingerprint density at radius 2 is 1.39 bits per heavy atom. The fourth-order valence-corrected chi connectivity index (χ4v) is 6.17. The number of carbonyl (C=O) groups is 2. The van der Waals surface area contributed by atoms with Gasteiger partial charge in [-0.05, 0) is 38.5 Å². The molecule has 0 heterocycles. The summed E-state index contributed by atoms with van der Waals surface area (Å²) in [5.41, 5.74) is 2.98. The lowest BCUT2D eigenvalue weighted by atomic mass is 9.31. The third kappa shape index (κ3) is 1.52. The van der Waals surface area contributed by atoms with Crippen molar-refractivity contribution in [2.24, 2.45) is 10.8 Å². The molecule has 0 aliphatic heterocycles. The van der Waals surface area contributed by atoms with Crippen LogP contribution >= 0.6 is 0 Å². The molecule has 4 rings (SSSR count). The number of hydrogen-bond acceptors (Lipinski definition) is 3. The predicted octanol–water partition coefficient (Wildman–Crippen LogP) is 3.77. The summed E-state index contributed by atoms with van der Waals surface area (Å²) in [6.45, 7) is 0. The summed E-state index contributed by atoms with van der Waals surface area (Å²) in [7, 11) is 1.36. The van der Waals surface area contributed by atoms with Crippen LogP contribution in [0.4, 0.5) is 0 Å². The van der Waals surface area contributed by atoms with Crippen LogP contribution in [0.3, 0.4) is 0 Å². The number of esters is 1. The van der Waals surface area contributed by atoms with E-state index in [-0.39, 0.29) is 10.8 Å². The molecular weight excluding hydrogens is 292 g/mol. The minimum absolute atomic E-state index is 0.302. The fraction of sp³-hybridized carbons (Fsp3) is 0.684. The van der Waals surface area contributed by atoms with Gasteiger partial charge >= 0.3 is 11.9 Å². The Hall–Kier alpha value is -1.58. The number of methoxy groups -OCH3 is 1. The predicted molar refractivity (Wildman–Crippen MR) is 84.7 cm³/mol. The number of rotatable bonds is 2. The number of hydrogen-bond donors (Lipinski definition) is 1. The van der Waals surface area contributed by atoms with E-state index in [0.717, 1.165) is 57.8 Å². The zero-order chi connectivity index (χ0) is 16.2. The van der Waals surface area contributed by atoms with E-state index in [4.69, 9.17) is 4.74 Å². The van der Waals surface area contributed by atoms with Crippen molar-refractivity contribution in [2.45, 2.75) is 64.2 Å². The second-order valence-corrected chi connectivity index (χ2v) is 7.44. The Morgan fingerprint density at radius 1 is 0.870 bits per heavy atom. The third-order valence-corrected chi connectivity index (χ3v) is 6.79. The maximum Gasteiger partial charge on any atom is 0.335 e. The van der Waals surface area contributed by atoms with Crippen molar-refractivity contribution in [3.8, 4) is 0 Å². The molecule has 0 amide bonds. The van der Waals surface area contributed by atoms with E-state index in [1.54, 1.807) is 0 Å². The van der Waals surface area contributed by atoms with Crippen LogP contribution in [0.15, 0.2) is 22.3 Å². The molecule has 4 nitrogen and oxygen atoms in total. The Balaban J connectivity index is 1.93. The molecule has 1 N–H and O–H groups in total. The summed E-state index contributed by atoms with van der Waals surface area (Å²) in [4.78, 5) is 24.5. The smallest absolute Gasteiger partial charge is 0.335 e. The molecule has 4 aliphatic rings. The van der Waals surface area contributed by atoms with Crippen molar-refractivity contribution >= 4 is 11.9 Å². The van der Waals surface area contributed by atoms with E-state index < -0.39 is 11.9 Å². The molecule has 0 bridgehead atoms. The van der Waals surface area contributed by atoms with Crippen LogP contribution in [0.1, 0.15) is 64.2 Å². The zero-order valence-corrected chi connectivity index (χ0v) is 13.7. The fourth-order valence-electron chi connectivity index (χ4n) is 6.17. The average molecular weight is 316 g/mol. The van der Waals surface area contributed by atoms with Gasteiger partial charge in [-0.2, -0.15) is 0 Å². The molecule has 0 radical (unpaired) electrons. The summed E-state index contributed by atoms with van der Waals surface area (Å²) in [5.74, 6) is -1.34. The van der Waals surface area contributed by atoms with E-state index in [9.17, 15) is 14.7 Å². The van der Waals surface area contributed by atoms with Crippen LogP contribution in [-0.4, -0.2) is 24.2 Å². The molecule has 0 spiro atoms. The van der Waals surface area contributed by atoms with Crippen molar-refractivity contribution in [1.82, 2.24) is 0 Å². The molecule has 124 valence electrons. The van der Waals surface area contributed by atoms with Crippen molar-refractivity contribution in [1.29, 1.82) is 0 Å². The van der Waals surface area contributed by atoms with Gasteiger partial charge in [-0.15, -0.1) is 0 Å². The molecular formula is C19H24O4. The van der Waals surface area contributed by atoms with E-state index in [1.807, 2.05) is 0 Å². The molecule has 0 saturated heterocycles. The van der Waals surface area contributed by atoms with Gasteiger partial charge in [0.25, 0.3) is 0 Å². The van der Waals surface area contributed by atoms with Crippen molar-refractivity contribution in [3.05, 3.63) is 22.3 Å². The average Bonchev–Trinajstić information content (AvgIpc) is 2.80. The van der Waals surface area contributed by atoms with Crippen LogP contribution in [0.2, 0.25) is 0 Å². The van der Waals surface area contributed by atoms with Gasteiger partial charge in [-0.1, -0.05) is 36.8 Å². The monoisotopic (exact) mass is 316 g/mol. The zero-order valence-electron chi connectivity index (χ0n) is 13.7. The molecule has 23 heavy (non-hydrogen) atoms. The van der Waals surface area contributed by atoms with Crippen LogP contribution in [0, 0.1) is 10.8 Å². The van der Waals surface area contributed by atoms with E-state index in [2.05, 4.69) is 0 Å². The first-order valence-corrected chi connectivity index (χ1v) is 8.91. The first-order valence-electron chi connectivity index (χ1n) is 8.91. The number of allylic oxidation sites excluding steroid dienone is 2. The van der Waals surface area contributed by atoms with Gasteiger partial charge in [-0.3, -0.25) is 0 Å². The van der Waals surface area contributed by atoms with Crippen molar-refractivity contribution in [2.75, 3.05) is 7.11 Å². The number of carboxylic acids is 1. The van der Waals surface area contributed by atoms with Crippen LogP contribution in [0.5, 0.6) is 0 Å². The number of carbonyl (C=O) groups excluding carboxylic acids is 1. The molecule has 4 aliphatic carbocycles. The number of carboxylic acid groups (broad SMARTS) is 1. The quantitative estimate of drug-likeness (QED) is 0.622. The molecule has 4 heteroatoms. The van der Waals surface area contributed by atoms with Gasteiger partial charge < -0.3 is 9.84 Å². The molecule has 0 aromatic carbocycles. The second kappa shape index (κ2) is 4.96. The maximum absolute atomic E-state index is 12.5. The standard InChI is InChI=1S/C19H24O4/c1-23-17(22)15-14(16(20)21)18-10-6-3-7-11-19(15,18)13-9-5-2-4-8-12(13)18/h2-11H2,1H3,(H,20,21). The van der Waals surface area contributed by atoms with Crippen molar-refractivity contribution in [3.63, 3.8) is 0 Å². The van der Waals surface area contributed by atoms with Crippen molar-refractivity contribution < 1.29 is 19.4 Å². The SMILES string of the molecule is COC(=O)C1=C(C(=O)O)C23CCCCCC12C1=C3CCCCC1. The van der Waals surface area contributed by atoms with Gasteiger partial charge in [0.15, 0.2) is 0 Å². The second-order valence-electron chi connectivity index (χ2n) is 7.44. The van der Waals surface area contributed by atoms with Crippen LogP contribution in [0.25, 0.3) is 0 Å². The Labute approximate surface area is 136 Å². The minimum Gasteiger partial charge on any atom is -0.478 e. The van der Waals surface area contributed by atoms with E-state index >= 15 is 0 Å². The molecule has 2 atom stereocenters. The van der Waals surface area contributed by atoms with Gasteiger partial charge in [0.2, 0.25) is 0 Å². The Bertz CT molecular complexity index is 656. The molecule has 1 saturated carbocycles. The van der Waals surface area contributed by atoms with Gasteiger partial charge in [0.05, 0.1) is 18.3 Å². The normalized spacial score (nSPS) is 35.7. The Morgan fingerprint density at radius 3 is 1.91 bits per heavy atom. The Kier molecular flexibility index (Phi) is 3.23. The van der Waals surface area contributed by atoms with Gasteiger partial charge in [0, 0.05) is 10.8 Å². The summed E-state index contributed by atoms with van der Waals surface area (Å²) in [6, 6.07) is 0. The van der Waals surface area contributed by atoms with E-state index in [0.29, 0.717) is 11.1 Å². The lowest BCUT2D eigenvalue weighted by Crippen LogP contribution is -2.65. The summed E-state index contributed by atoms with van der Waals surface area (Å²) < 4.78 is 5.00. The maximum atomic E-state index is 12.5. The third-order valence-electron chi connectivity index (χ3n) is 6.79. The lowest BCUT2D eigenvalue weighted by Gasteiger charge is -2.69. The largest absolute Gasteiger partial charge is 0.478 e. The summed E-state index contributed by atoms with van der Waals surface area (Å²) in [5, 5.41) is 9.86. The summed E-state index contributed by atoms with van der Waals surface area (Å²) in [6.07, 6.45) is 10.6. The van der Waals surface area contributed by atoms with Gasteiger partial charge in [0.1, 0.15) is 0 Å². The van der Waals surface area contributed by atoms with E-state index in [1.165, 1.54) is 24.7 Å². The van der Waals surface area contributed by atoms with Crippen LogP contribution in [-0.2, 0) is 14.3 Å². The summed E-state index contributed by atoms with van der Waals surface area (Å²) >= 11 is 0. The molecule has 0 aromatic heterocycles. The molecule has 1 fully saturated rings. The first kappa shape index (κ1) is 15.0. The van der Waals surface area contributed by atoms with Crippen LogP contribution < -0.4 is 0 Å². The molecule has 0 aromatic rings. The highest BCUT2D eigenvalue weighted by molar-refractivity contribution is 6.09. The minimum atomic E-state index is -0.918. The molecule has 2 unspecified atom stereocenters. The highest BCUT2D eigenvalue weighted by atomic mass is 16.5. The first-order chi connectivity index (χ1) is 11.1. The highest BCUT2D eigenvalue weighted by Crippen LogP contribution is 2.81. The lowest BCUT2D eigenvalue weighted by molar-refractivity contribution is -0.146. The van der Waals surface area contributed by atoms with Gasteiger partial charge in [-0.25, -0.2) is 9.59 Å². The number of aliphatic carboxylic acids is 1.